The number of hydrogen-bond donors (Lipinski definition) is 0. The fourth-order valence-corrected chi connectivity index (χ4v) is 4.87. The summed E-state index contributed by atoms with van der Waals surface area (Å²) in [6.45, 7) is 0. The highest BCUT2D eigenvalue weighted by molar-refractivity contribution is 14.1. The van der Waals surface area contributed by atoms with Crippen molar-refractivity contribution in [2.75, 3.05) is 6.26 Å². The van der Waals surface area contributed by atoms with Gasteiger partial charge in [0.05, 0.1) is 20.5 Å². The Labute approximate surface area is 147 Å². The highest BCUT2D eigenvalue weighted by Gasteiger charge is 2.29. The molecule has 0 N–H and O–H groups in total. The quantitative estimate of drug-likeness (QED) is 0.474. The number of aromatic nitrogens is 2. The minimum atomic E-state index is -0.179. The zero-order chi connectivity index (χ0) is 15.0. The number of rotatable bonds is 3. The van der Waals surface area contributed by atoms with Gasteiger partial charge in [-0.3, -0.25) is 0 Å². The summed E-state index contributed by atoms with van der Waals surface area (Å²) >= 11 is 10.0. The fraction of sp³-hybridized carbons (Fsp3) is 0.533. The first-order valence-electron chi connectivity index (χ1n) is 7.10. The van der Waals surface area contributed by atoms with E-state index in [4.69, 9.17) is 11.6 Å². The first kappa shape index (κ1) is 15.9. The van der Waals surface area contributed by atoms with Crippen LogP contribution < -0.4 is 0 Å². The molecule has 0 aliphatic heterocycles. The Balaban J connectivity index is 2.17. The molecule has 0 spiro atoms. The summed E-state index contributed by atoms with van der Waals surface area (Å²) in [4.78, 5) is 4.63. The van der Waals surface area contributed by atoms with E-state index in [0.717, 1.165) is 23.3 Å². The molecule has 114 valence electrons. The predicted octanol–water partition coefficient (Wildman–Crippen LogP) is 5.37. The highest BCUT2D eigenvalue weighted by Crippen LogP contribution is 2.39. The van der Waals surface area contributed by atoms with Gasteiger partial charge >= 0.3 is 0 Å². The molecule has 21 heavy (non-hydrogen) atoms. The summed E-state index contributed by atoms with van der Waals surface area (Å²) in [6, 6.07) is 3.80. The lowest BCUT2D eigenvalue weighted by atomic mass is 9.94. The second kappa shape index (κ2) is 6.62. The number of fused-ring (bicyclic) bond motifs is 1. The van der Waals surface area contributed by atoms with E-state index < -0.39 is 0 Å². The van der Waals surface area contributed by atoms with Crippen molar-refractivity contribution in [2.45, 2.75) is 42.9 Å². The molecule has 6 heteroatoms. The van der Waals surface area contributed by atoms with Crippen LogP contribution in [0.25, 0.3) is 11.0 Å². The summed E-state index contributed by atoms with van der Waals surface area (Å²) in [5.41, 5.74) is 1.73. The maximum atomic E-state index is 14.0. The van der Waals surface area contributed by atoms with E-state index in [2.05, 4.69) is 15.8 Å². The largest absolute Gasteiger partial charge is 0.323 e. The van der Waals surface area contributed by atoms with Crippen LogP contribution in [0.4, 0.5) is 4.39 Å². The Hall–Kier alpha value is -0.0100. The highest BCUT2D eigenvalue weighted by atomic mass is 127. The number of thioether (sulfide) groups is 1. The van der Waals surface area contributed by atoms with E-state index in [1.165, 1.54) is 19.3 Å². The number of alkyl halides is 1. The van der Waals surface area contributed by atoms with E-state index in [0.29, 0.717) is 20.7 Å². The Bertz CT molecular complexity index is 661. The second-order valence-corrected chi connectivity index (χ2v) is 7.92. The molecule has 3 rings (SSSR count). The van der Waals surface area contributed by atoms with Crippen molar-refractivity contribution in [2.24, 2.45) is 0 Å². The van der Waals surface area contributed by atoms with Gasteiger partial charge in [0.2, 0.25) is 0 Å². The van der Waals surface area contributed by atoms with E-state index >= 15 is 0 Å². The van der Waals surface area contributed by atoms with Gasteiger partial charge in [0.25, 0.3) is 0 Å². The van der Waals surface area contributed by atoms with E-state index in [-0.39, 0.29) is 5.82 Å². The SMILES string of the molecule is CSC1CCCCC1n1c(CCl)nc2cc(I)c(F)cc21. The fourth-order valence-electron chi connectivity index (χ4n) is 3.25. The van der Waals surface area contributed by atoms with E-state index in [1.54, 1.807) is 6.07 Å². The summed E-state index contributed by atoms with van der Waals surface area (Å²) < 4.78 is 16.8. The number of imidazole rings is 1. The van der Waals surface area contributed by atoms with Gasteiger partial charge in [0, 0.05) is 17.4 Å². The lowest BCUT2D eigenvalue weighted by Crippen LogP contribution is -2.26. The molecule has 0 saturated heterocycles. The standard InChI is InChI=1S/C15H17ClFIN2S/c1-21-14-5-3-2-4-12(14)20-13-6-9(17)10(18)7-11(13)19-15(20)8-16/h6-7,12,14H,2-5,8H2,1H3. The van der Waals surface area contributed by atoms with Crippen molar-refractivity contribution >= 4 is 57.0 Å². The Morgan fingerprint density at radius 3 is 2.90 bits per heavy atom. The first-order valence-corrected chi connectivity index (χ1v) is 10.0. The van der Waals surface area contributed by atoms with Gasteiger partial charge in [-0.2, -0.15) is 11.8 Å². The molecule has 2 unspecified atom stereocenters. The van der Waals surface area contributed by atoms with Crippen molar-refractivity contribution in [3.05, 3.63) is 27.3 Å². The minimum absolute atomic E-state index is 0.179. The van der Waals surface area contributed by atoms with Crippen LogP contribution >= 0.6 is 46.0 Å². The van der Waals surface area contributed by atoms with Crippen molar-refractivity contribution in [1.82, 2.24) is 9.55 Å². The van der Waals surface area contributed by atoms with Crippen LogP contribution in [0, 0.1) is 9.39 Å². The third-order valence-corrected chi connectivity index (χ3v) is 6.45. The van der Waals surface area contributed by atoms with Gasteiger partial charge in [-0.1, -0.05) is 12.8 Å². The molecule has 1 aliphatic rings. The van der Waals surface area contributed by atoms with Crippen LogP contribution in [0.5, 0.6) is 0 Å². The molecule has 2 nitrogen and oxygen atoms in total. The molecule has 2 aromatic rings. The molecular weight excluding hydrogens is 422 g/mol. The summed E-state index contributed by atoms with van der Waals surface area (Å²) in [7, 11) is 0. The van der Waals surface area contributed by atoms with Crippen molar-refractivity contribution in [1.29, 1.82) is 0 Å². The molecule has 0 radical (unpaired) electrons. The van der Waals surface area contributed by atoms with Crippen LogP contribution in [0.1, 0.15) is 37.5 Å². The van der Waals surface area contributed by atoms with Gasteiger partial charge in [-0.15, -0.1) is 11.6 Å². The van der Waals surface area contributed by atoms with Gasteiger partial charge in [-0.25, -0.2) is 9.37 Å². The maximum Gasteiger partial charge on any atom is 0.138 e. The number of halogens is 3. The smallest absolute Gasteiger partial charge is 0.138 e. The lowest BCUT2D eigenvalue weighted by Gasteiger charge is -2.32. The molecule has 1 aliphatic carbocycles. The average molecular weight is 439 g/mol. The van der Waals surface area contributed by atoms with Crippen LogP contribution in [-0.4, -0.2) is 21.1 Å². The van der Waals surface area contributed by atoms with Gasteiger partial charge in [-0.05, 0) is 47.8 Å². The molecule has 1 saturated carbocycles. The van der Waals surface area contributed by atoms with Gasteiger partial charge in [0.1, 0.15) is 11.6 Å². The summed E-state index contributed by atoms with van der Waals surface area (Å²) in [6.07, 6.45) is 6.98. The maximum absolute atomic E-state index is 14.0. The number of nitrogens with zero attached hydrogens (tertiary/aromatic N) is 2. The number of hydrogen-bond acceptors (Lipinski definition) is 2. The zero-order valence-electron chi connectivity index (χ0n) is 11.8. The average Bonchev–Trinajstić information content (AvgIpc) is 2.85. The Morgan fingerprint density at radius 2 is 2.19 bits per heavy atom. The van der Waals surface area contributed by atoms with E-state index in [9.17, 15) is 4.39 Å². The molecule has 1 fully saturated rings. The molecular formula is C15H17ClFIN2S. The Kier molecular flexibility index (Phi) is 5.01. The topological polar surface area (TPSA) is 17.8 Å². The predicted molar refractivity (Wildman–Crippen MR) is 96.8 cm³/mol. The van der Waals surface area contributed by atoms with Crippen molar-refractivity contribution < 1.29 is 4.39 Å². The number of benzene rings is 1. The molecule has 1 aromatic carbocycles. The zero-order valence-corrected chi connectivity index (χ0v) is 15.5. The van der Waals surface area contributed by atoms with Crippen LogP contribution in [0.3, 0.4) is 0 Å². The Morgan fingerprint density at radius 1 is 1.43 bits per heavy atom. The monoisotopic (exact) mass is 438 g/mol. The molecule has 2 atom stereocenters. The minimum Gasteiger partial charge on any atom is -0.323 e. The van der Waals surface area contributed by atoms with Crippen LogP contribution in [-0.2, 0) is 5.88 Å². The normalized spacial score (nSPS) is 22.9. The lowest BCUT2D eigenvalue weighted by molar-refractivity contribution is 0.366. The van der Waals surface area contributed by atoms with Gasteiger partial charge < -0.3 is 4.57 Å². The molecule has 1 heterocycles. The van der Waals surface area contributed by atoms with E-state index in [1.807, 2.05) is 40.4 Å². The summed E-state index contributed by atoms with van der Waals surface area (Å²) in [5.74, 6) is 1.05. The van der Waals surface area contributed by atoms with Crippen molar-refractivity contribution in [3.8, 4) is 0 Å². The third kappa shape index (κ3) is 2.93. The molecule has 1 aromatic heterocycles. The molecule has 0 bridgehead atoms. The third-order valence-electron chi connectivity index (χ3n) is 4.23. The summed E-state index contributed by atoms with van der Waals surface area (Å²) in [5, 5.41) is 0.556. The van der Waals surface area contributed by atoms with Gasteiger partial charge in [0.15, 0.2) is 0 Å². The van der Waals surface area contributed by atoms with Crippen molar-refractivity contribution in [3.63, 3.8) is 0 Å². The van der Waals surface area contributed by atoms with Crippen LogP contribution in [0.2, 0.25) is 0 Å². The van der Waals surface area contributed by atoms with Crippen LogP contribution in [0.15, 0.2) is 12.1 Å². The first-order chi connectivity index (χ1) is 10.2. The molecule has 0 amide bonds. The second-order valence-electron chi connectivity index (χ2n) is 5.41.